The van der Waals surface area contributed by atoms with Crippen LogP contribution in [0.3, 0.4) is 0 Å². The number of Topliss-reactive ketones (excluding diaryl/α,β-unsaturated/α-hetero) is 1. The number of fused-ring (bicyclic) bond motifs is 1. The van der Waals surface area contributed by atoms with Gasteiger partial charge in [0.05, 0.1) is 0 Å². The first kappa shape index (κ1) is 18.9. The Kier molecular flexibility index (Phi) is 4.20. The molecule has 2 aliphatic rings. The molecule has 1 atom stereocenters. The third-order valence-corrected chi connectivity index (χ3v) is 5.91. The number of rotatable bonds is 2. The third kappa shape index (κ3) is 3.07. The second-order valence-electron chi connectivity index (χ2n) is 9.18. The van der Waals surface area contributed by atoms with Crippen LogP contribution in [0.5, 0.6) is 0 Å². The van der Waals surface area contributed by atoms with Crippen LogP contribution >= 0.6 is 0 Å². The number of nitrogens with zero attached hydrogens (tertiary/aromatic N) is 3. The molecule has 6 heteroatoms. The van der Waals surface area contributed by atoms with Crippen LogP contribution in [0.15, 0.2) is 52.1 Å². The van der Waals surface area contributed by atoms with E-state index in [0.717, 1.165) is 41.2 Å². The van der Waals surface area contributed by atoms with Crippen molar-refractivity contribution in [2.75, 3.05) is 5.32 Å². The summed E-state index contributed by atoms with van der Waals surface area (Å²) in [5.74, 6) is 2.97. The lowest BCUT2D eigenvalue weighted by Gasteiger charge is -2.30. The molecule has 0 spiro atoms. The highest BCUT2D eigenvalue weighted by Gasteiger charge is 2.38. The van der Waals surface area contributed by atoms with Crippen LogP contribution < -0.4 is 5.32 Å². The molecule has 5 rings (SSSR count). The molecule has 3 aromatic rings. The van der Waals surface area contributed by atoms with E-state index < -0.39 is 0 Å². The van der Waals surface area contributed by atoms with E-state index in [1.165, 1.54) is 5.56 Å². The molecule has 0 radical (unpaired) electrons. The minimum absolute atomic E-state index is 0.0898. The molecule has 1 aliphatic carbocycles. The Balaban J connectivity index is 1.60. The van der Waals surface area contributed by atoms with Crippen molar-refractivity contribution in [3.63, 3.8) is 0 Å². The van der Waals surface area contributed by atoms with Crippen molar-refractivity contribution < 1.29 is 9.21 Å². The molecule has 154 valence electrons. The molecular weight excluding hydrogens is 376 g/mol. The topological polar surface area (TPSA) is 73.0 Å². The monoisotopic (exact) mass is 402 g/mol. The molecule has 1 aliphatic heterocycles. The molecule has 0 fully saturated rings. The molecule has 1 aromatic carbocycles. The molecule has 3 heterocycles. The summed E-state index contributed by atoms with van der Waals surface area (Å²) in [6, 6.07) is 11.9. The van der Waals surface area contributed by atoms with Gasteiger partial charge in [-0.1, -0.05) is 45.0 Å². The number of carbonyl (C=O) groups is 1. The number of allylic oxidation sites excluding steroid dienone is 2. The number of anilines is 1. The van der Waals surface area contributed by atoms with Gasteiger partial charge in [-0.25, -0.2) is 4.68 Å². The SMILES string of the molecule is Cc1ccc(C2C3=C(CCCC3=O)Nc3nc(-c4ccc(C(C)(C)C)cc4)nn32)o1. The minimum atomic E-state index is -0.382. The van der Waals surface area contributed by atoms with E-state index in [4.69, 9.17) is 14.5 Å². The second-order valence-corrected chi connectivity index (χ2v) is 9.18. The first-order chi connectivity index (χ1) is 14.3. The standard InChI is InChI=1S/C24H26N4O2/c1-14-8-13-19(30-14)21-20-17(6-5-7-18(20)29)25-23-26-22(27-28(21)23)15-9-11-16(12-10-15)24(2,3)4/h8-13,21H,5-7H2,1-4H3,(H,25,26,27). The van der Waals surface area contributed by atoms with Crippen molar-refractivity contribution >= 4 is 11.7 Å². The average molecular weight is 402 g/mol. The Hall–Kier alpha value is -3.15. The van der Waals surface area contributed by atoms with Gasteiger partial charge in [0.1, 0.15) is 17.6 Å². The van der Waals surface area contributed by atoms with Crippen LogP contribution in [0, 0.1) is 6.92 Å². The maximum absolute atomic E-state index is 12.8. The van der Waals surface area contributed by atoms with Gasteiger partial charge < -0.3 is 9.73 Å². The Morgan fingerprint density at radius 1 is 1.10 bits per heavy atom. The molecule has 0 saturated heterocycles. The highest BCUT2D eigenvalue weighted by atomic mass is 16.3. The molecule has 30 heavy (non-hydrogen) atoms. The van der Waals surface area contributed by atoms with Gasteiger partial charge in [-0.05, 0) is 42.9 Å². The van der Waals surface area contributed by atoms with E-state index in [2.05, 4.69) is 50.4 Å². The normalized spacial score (nSPS) is 18.8. The molecule has 0 bridgehead atoms. The molecule has 6 nitrogen and oxygen atoms in total. The first-order valence-corrected chi connectivity index (χ1v) is 10.5. The summed E-state index contributed by atoms with van der Waals surface area (Å²) >= 11 is 0. The largest absolute Gasteiger partial charge is 0.464 e. The summed E-state index contributed by atoms with van der Waals surface area (Å²) < 4.78 is 7.74. The number of benzene rings is 1. The number of ketones is 1. The predicted molar refractivity (Wildman–Crippen MR) is 115 cm³/mol. The van der Waals surface area contributed by atoms with Crippen LogP contribution in [0.1, 0.15) is 63.2 Å². The summed E-state index contributed by atoms with van der Waals surface area (Å²) in [6.45, 7) is 8.50. The molecular formula is C24H26N4O2. The van der Waals surface area contributed by atoms with Crippen molar-refractivity contribution in [2.24, 2.45) is 0 Å². The lowest BCUT2D eigenvalue weighted by molar-refractivity contribution is -0.116. The number of hydrogen-bond acceptors (Lipinski definition) is 5. The number of hydrogen-bond donors (Lipinski definition) is 1. The maximum atomic E-state index is 12.8. The predicted octanol–water partition coefficient (Wildman–Crippen LogP) is 5.17. The Bertz CT molecular complexity index is 1160. The zero-order valence-corrected chi connectivity index (χ0v) is 17.8. The fraction of sp³-hybridized carbons (Fsp3) is 0.375. The second kappa shape index (κ2) is 6.69. The van der Waals surface area contributed by atoms with Gasteiger partial charge in [-0.3, -0.25) is 4.79 Å². The van der Waals surface area contributed by atoms with Crippen molar-refractivity contribution in [3.8, 4) is 11.4 Å². The Morgan fingerprint density at radius 3 is 2.53 bits per heavy atom. The zero-order chi connectivity index (χ0) is 21.0. The van der Waals surface area contributed by atoms with Gasteiger partial charge in [0.15, 0.2) is 11.6 Å². The van der Waals surface area contributed by atoms with Crippen molar-refractivity contribution in [2.45, 2.75) is 58.4 Å². The van der Waals surface area contributed by atoms with Crippen molar-refractivity contribution in [3.05, 3.63) is 64.8 Å². The molecule has 0 saturated carbocycles. The number of aromatic nitrogens is 3. The van der Waals surface area contributed by atoms with Crippen LogP contribution in [0.2, 0.25) is 0 Å². The number of aryl methyl sites for hydroxylation is 1. The number of furan rings is 1. The van der Waals surface area contributed by atoms with Gasteiger partial charge in [0.25, 0.3) is 0 Å². The Morgan fingerprint density at radius 2 is 1.87 bits per heavy atom. The summed E-state index contributed by atoms with van der Waals surface area (Å²) in [4.78, 5) is 17.6. The van der Waals surface area contributed by atoms with Crippen LogP contribution in [0.25, 0.3) is 11.4 Å². The summed E-state index contributed by atoms with van der Waals surface area (Å²) in [5.41, 5.74) is 4.00. The lowest BCUT2D eigenvalue weighted by Crippen LogP contribution is -2.31. The Labute approximate surface area is 176 Å². The van der Waals surface area contributed by atoms with E-state index in [1.807, 2.05) is 19.1 Å². The molecule has 2 aromatic heterocycles. The summed E-state index contributed by atoms with van der Waals surface area (Å²) in [6.07, 6.45) is 2.24. The summed E-state index contributed by atoms with van der Waals surface area (Å²) in [7, 11) is 0. The van der Waals surface area contributed by atoms with Crippen molar-refractivity contribution in [1.82, 2.24) is 14.8 Å². The molecule has 1 unspecified atom stereocenters. The number of carbonyl (C=O) groups excluding carboxylic acids is 1. The van der Waals surface area contributed by atoms with Gasteiger partial charge in [-0.15, -0.1) is 5.10 Å². The van der Waals surface area contributed by atoms with E-state index in [0.29, 0.717) is 18.2 Å². The minimum Gasteiger partial charge on any atom is -0.464 e. The van der Waals surface area contributed by atoms with Crippen LogP contribution in [-0.2, 0) is 10.2 Å². The van der Waals surface area contributed by atoms with E-state index in [-0.39, 0.29) is 17.2 Å². The van der Waals surface area contributed by atoms with Gasteiger partial charge in [-0.2, -0.15) is 4.98 Å². The van der Waals surface area contributed by atoms with Gasteiger partial charge >= 0.3 is 0 Å². The fourth-order valence-electron chi connectivity index (χ4n) is 4.26. The van der Waals surface area contributed by atoms with Crippen molar-refractivity contribution in [1.29, 1.82) is 0 Å². The first-order valence-electron chi connectivity index (χ1n) is 10.5. The van der Waals surface area contributed by atoms with E-state index >= 15 is 0 Å². The van der Waals surface area contributed by atoms with Crippen LogP contribution in [0.4, 0.5) is 5.95 Å². The highest BCUT2D eigenvalue weighted by molar-refractivity contribution is 5.99. The fourth-order valence-corrected chi connectivity index (χ4v) is 4.26. The average Bonchev–Trinajstić information content (AvgIpc) is 3.32. The zero-order valence-electron chi connectivity index (χ0n) is 17.8. The van der Waals surface area contributed by atoms with Gasteiger partial charge in [0, 0.05) is 23.3 Å². The molecule has 0 amide bonds. The maximum Gasteiger partial charge on any atom is 0.227 e. The van der Waals surface area contributed by atoms with Crippen LogP contribution in [-0.4, -0.2) is 20.5 Å². The van der Waals surface area contributed by atoms with E-state index in [9.17, 15) is 4.79 Å². The van der Waals surface area contributed by atoms with Gasteiger partial charge in [0.2, 0.25) is 5.95 Å². The van der Waals surface area contributed by atoms with E-state index in [1.54, 1.807) is 4.68 Å². The lowest BCUT2D eigenvalue weighted by atomic mass is 9.87. The quantitative estimate of drug-likeness (QED) is 0.640. The smallest absolute Gasteiger partial charge is 0.227 e. The highest BCUT2D eigenvalue weighted by Crippen LogP contribution is 2.41. The molecule has 1 N–H and O–H groups in total. The number of nitrogens with one attached hydrogen (secondary N) is 1. The third-order valence-electron chi connectivity index (χ3n) is 5.91. The summed E-state index contributed by atoms with van der Waals surface area (Å²) in [5, 5.41) is 8.17.